The lowest BCUT2D eigenvalue weighted by Gasteiger charge is -2.07. The Balaban J connectivity index is 2.64. The fourth-order valence-electron chi connectivity index (χ4n) is 1.42. The van der Waals surface area contributed by atoms with Gasteiger partial charge in [0, 0.05) is 20.6 Å². The first-order valence-electron chi connectivity index (χ1n) is 6.11. The van der Waals surface area contributed by atoms with Gasteiger partial charge in [-0.2, -0.15) is 0 Å². The highest BCUT2D eigenvalue weighted by Crippen LogP contribution is 2.30. The van der Waals surface area contributed by atoms with Crippen molar-refractivity contribution in [2.45, 2.75) is 20.8 Å². The van der Waals surface area contributed by atoms with Crippen molar-refractivity contribution in [1.82, 2.24) is 10.3 Å². The molecule has 0 radical (unpaired) electrons. The molecule has 3 nitrogen and oxygen atoms in total. The number of anilines is 1. The Morgan fingerprint density at radius 1 is 1.50 bits per heavy atom. The maximum atomic E-state index is 6.13. The van der Waals surface area contributed by atoms with Crippen LogP contribution in [0.4, 0.5) is 5.13 Å². The second-order valence-corrected chi connectivity index (χ2v) is 6.43. The molecule has 0 saturated carbocycles. The maximum absolute atomic E-state index is 6.13. The lowest BCUT2D eigenvalue weighted by Crippen LogP contribution is -2.21. The van der Waals surface area contributed by atoms with E-state index in [-0.39, 0.29) is 0 Å². The molecule has 1 rings (SSSR count). The molecule has 0 aromatic carbocycles. The van der Waals surface area contributed by atoms with Gasteiger partial charge in [0.25, 0.3) is 0 Å². The van der Waals surface area contributed by atoms with Gasteiger partial charge in [0.05, 0.1) is 4.88 Å². The average Bonchev–Trinajstić information content (AvgIpc) is 2.60. The van der Waals surface area contributed by atoms with Gasteiger partial charge in [-0.15, -0.1) is 0 Å². The van der Waals surface area contributed by atoms with Crippen molar-refractivity contribution in [2.24, 2.45) is 5.92 Å². The summed E-state index contributed by atoms with van der Waals surface area (Å²) in [6, 6.07) is 0. The summed E-state index contributed by atoms with van der Waals surface area (Å²) in [6.45, 7) is 8.44. The zero-order valence-electron chi connectivity index (χ0n) is 11.7. The van der Waals surface area contributed by atoms with E-state index in [1.807, 2.05) is 19.0 Å². The van der Waals surface area contributed by atoms with E-state index in [0.29, 0.717) is 11.1 Å². The largest absolute Gasteiger partial charge is 0.354 e. The normalized spacial score (nSPS) is 12.3. The molecular weight excluding hydrogens is 266 g/mol. The van der Waals surface area contributed by atoms with Crippen LogP contribution >= 0.6 is 22.9 Å². The third kappa shape index (κ3) is 4.96. The van der Waals surface area contributed by atoms with Crippen LogP contribution < -0.4 is 10.2 Å². The first-order chi connectivity index (χ1) is 8.40. The van der Waals surface area contributed by atoms with Crippen LogP contribution in [0.3, 0.4) is 0 Å². The van der Waals surface area contributed by atoms with E-state index in [1.165, 1.54) is 5.57 Å². The highest BCUT2D eigenvalue weighted by Gasteiger charge is 2.08. The molecule has 1 aromatic rings. The third-order valence-electron chi connectivity index (χ3n) is 2.31. The smallest absolute Gasteiger partial charge is 0.186 e. The number of rotatable bonds is 6. The van der Waals surface area contributed by atoms with Gasteiger partial charge >= 0.3 is 0 Å². The fraction of sp³-hybridized carbons (Fsp3) is 0.615. The molecular formula is C13H22ClN3S. The predicted molar refractivity (Wildman–Crippen MR) is 82.8 cm³/mol. The maximum Gasteiger partial charge on any atom is 0.186 e. The zero-order valence-corrected chi connectivity index (χ0v) is 13.3. The second-order valence-electron chi connectivity index (χ2n) is 5.06. The SMILES string of the molecule is CC(=Cc1sc(N(C)C)nc1Cl)CNCC(C)C. The summed E-state index contributed by atoms with van der Waals surface area (Å²) in [4.78, 5) is 7.32. The Kier molecular flexibility index (Phi) is 6.12. The fourth-order valence-corrected chi connectivity index (χ4v) is 2.62. The number of nitrogens with zero attached hydrogens (tertiary/aromatic N) is 2. The van der Waals surface area contributed by atoms with Crippen molar-refractivity contribution in [3.8, 4) is 0 Å². The molecule has 0 aliphatic carbocycles. The minimum absolute atomic E-state index is 0.590. The molecule has 0 fully saturated rings. The molecule has 0 amide bonds. The van der Waals surface area contributed by atoms with Gasteiger partial charge in [-0.25, -0.2) is 4.98 Å². The van der Waals surface area contributed by atoms with Crippen molar-refractivity contribution in [1.29, 1.82) is 0 Å². The van der Waals surface area contributed by atoms with Gasteiger partial charge < -0.3 is 10.2 Å². The highest BCUT2D eigenvalue weighted by molar-refractivity contribution is 7.17. The topological polar surface area (TPSA) is 28.2 Å². The summed E-state index contributed by atoms with van der Waals surface area (Å²) in [5.41, 5.74) is 1.27. The molecule has 0 unspecified atom stereocenters. The van der Waals surface area contributed by atoms with E-state index in [2.05, 4.69) is 37.1 Å². The number of hydrogen-bond acceptors (Lipinski definition) is 4. The van der Waals surface area contributed by atoms with E-state index < -0.39 is 0 Å². The van der Waals surface area contributed by atoms with Crippen LogP contribution in [0.1, 0.15) is 25.6 Å². The first kappa shape index (κ1) is 15.5. The van der Waals surface area contributed by atoms with Gasteiger partial charge in [-0.05, 0) is 25.5 Å². The van der Waals surface area contributed by atoms with E-state index in [9.17, 15) is 0 Å². The lowest BCUT2D eigenvalue weighted by atomic mass is 10.2. The van der Waals surface area contributed by atoms with Gasteiger partial charge in [0.15, 0.2) is 5.13 Å². The lowest BCUT2D eigenvalue weighted by molar-refractivity contribution is 0.572. The van der Waals surface area contributed by atoms with Crippen LogP contribution in [-0.2, 0) is 0 Å². The summed E-state index contributed by atoms with van der Waals surface area (Å²) in [5.74, 6) is 0.671. The first-order valence-corrected chi connectivity index (χ1v) is 7.31. The van der Waals surface area contributed by atoms with Crippen LogP contribution in [0.2, 0.25) is 5.15 Å². The number of aromatic nitrogens is 1. The average molecular weight is 288 g/mol. The summed E-state index contributed by atoms with van der Waals surface area (Å²) in [5, 5.41) is 4.95. The summed E-state index contributed by atoms with van der Waals surface area (Å²) < 4.78 is 0. The Morgan fingerprint density at radius 3 is 2.67 bits per heavy atom. The minimum atomic E-state index is 0.590. The van der Waals surface area contributed by atoms with Crippen molar-refractivity contribution in [2.75, 3.05) is 32.1 Å². The predicted octanol–water partition coefficient (Wildman–Crippen LogP) is 3.51. The number of nitrogens with one attached hydrogen (secondary N) is 1. The molecule has 0 aliphatic heterocycles. The molecule has 0 aliphatic rings. The standard InChI is InChI=1S/C13H22ClN3S/c1-9(2)7-15-8-10(3)6-11-12(14)16-13(18-11)17(4)5/h6,9,15H,7-8H2,1-5H3. The molecule has 0 bridgehead atoms. The number of halogens is 1. The molecule has 102 valence electrons. The van der Waals surface area contributed by atoms with E-state index in [4.69, 9.17) is 11.6 Å². The quantitative estimate of drug-likeness (QED) is 0.868. The Morgan fingerprint density at radius 2 is 2.17 bits per heavy atom. The molecule has 1 heterocycles. The minimum Gasteiger partial charge on any atom is -0.354 e. The molecule has 18 heavy (non-hydrogen) atoms. The van der Waals surface area contributed by atoms with Gasteiger partial charge in [0.1, 0.15) is 5.15 Å². The highest BCUT2D eigenvalue weighted by atomic mass is 35.5. The third-order valence-corrected chi connectivity index (χ3v) is 3.89. The summed E-state index contributed by atoms with van der Waals surface area (Å²) in [7, 11) is 3.94. The van der Waals surface area contributed by atoms with Crippen molar-refractivity contribution in [3.05, 3.63) is 15.6 Å². The zero-order chi connectivity index (χ0) is 13.7. The molecule has 5 heteroatoms. The van der Waals surface area contributed by atoms with E-state index in [1.54, 1.807) is 11.3 Å². The van der Waals surface area contributed by atoms with E-state index >= 15 is 0 Å². The van der Waals surface area contributed by atoms with Crippen LogP contribution in [0.25, 0.3) is 6.08 Å². The monoisotopic (exact) mass is 287 g/mol. The second kappa shape index (κ2) is 7.12. The molecule has 0 atom stereocenters. The van der Waals surface area contributed by atoms with E-state index in [0.717, 1.165) is 23.1 Å². The van der Waals surface area contributed by atoms with Gasteiger partial charge in [-0.3, -0.25) is 0 Å². The van der Waals surface area contributed by atoms with Gasteiger partial charge in [0.2, 0.25) is 0 Å². The van der Waals surface area contributed by atoms with Crippen molar-refractivity contribution >= 4 is 34.1 Å². The Hall–Kier alpha value is -0.580. The number of thiazole rings is 1. The molecule has 1 N–H and O–H groups in total. The summed E-state index contributed by atoms with van der Waals surface area (Å²) >= 11 is 7.74. The van der Waals surface area contributed by atoms with Crippen LogP contribution in [0.15, 0.2) is 5.57 Å². The molecule has 1 aromatic heterocycles. The van der Waals surface area contributed by atoms with Crippen LogP contribution in [0.5, 0.6) is 0 Å². The summed E-state index contributed by atoms with van der Waals surface area (Å²) in [6.07, 6.45) is 2.11. The Bertz CT molecular complexity index is 410. The van der Waals surface area contributed by atoms with Crippen LogP contribution in [0, 0.1) is 5.92 Å². The molecule has 0 saturated heterocycles. The van der Waals surface area contributed by atoms with Crippen molar-refractivity contribution < 1.29 is 0 Å². The van der Waals surface area contributed by atoms with Gasteiger partial charge in [-0.1, -0.05) is 42.4 Å². The molecule has 0 spiro atoms. The number of hydrogen-bond donors (Lipinski definition) is 1. The Labute approximate surface area is 119 Å². The van der Waals surface area contributed by atoms with Crippen LogP contribution in [-0.4, -0.2) is 32.2 Å². The van der Waals surface area contributed by atoms with Crippen molar-refractivity contribution in [3.63, 3.8) is 0 Å².